The predicted octanol–water partition coefficient (Wildman–Crippen LogP) is 3.14. The van der Waals surface area contributed by atoms with Gasteiger partial charge in [0.1, 0.15) is 11.3 Å². The van der Waals surface area contributed by atoms with Crippen molar-refractivity contribution in [1.29, 1.82) is 0 Å². The number of hydrogen-bond acceptors (Lipinski definition) is 8. The van der Waals surface area contributed by atoms with Crippen molar-refractivity contribution in [2.75, 3.05) is 5.73 Å². The van der Waals surface area contributed by atoms with Crippen LogP contribution in [0.1, 0.15) is 31.9 Å². The highest BCUT2D eigenvalue weighted by molar-refractivity contribution is 5.85. The van der Waals surface area contributed by atoms with Gasteiger partial charge in [-0.25, -0.2) is 14.5 Å². The number of fused-ring (bicyclic) bond motifs is 1. The van der Waals surface area contributed by atoms with Crippen LogP contribution in [-0.2, 0) is 17.8 Å². The Labute approximate surface area is 178 Å². The van der Waals surface area contributed by atoms with Crippen LogP contribution in [0.15, 0.2) is 47.1 Å². The van der Waals surface area contributed by atoms with E-state index in [0.29, 0.717) is 35.7 Å². The van der Waals surface area contributed by atoms with Crippen molar-refractivity contribution in [3.05, 3.63) is 53.8 Å². The van der Waals surface area contributed by atoms with Crippen LogP contribution in [0.3, 0.4) is 0 Å². The average molecular weight is 421 g/mol. The molecule has 0 saturated heterocycles. The van der Waals surface area contributed by atoms with Crippen molar-refractivity contribution < 1.29 is 13.9 Å². The molecule has 10 heteroatoms. The molecule has 0 spiro atoms. The van der Waals surface area contributed by atoms with E-state index >= 15 is 0 Å². The number of anilines is 1. The molecule has 0 atom stereocenters. The Kier molecular flexibility index (Phi) is 5.28. The van der Waals surface area contributed by atoms with Crippen molar-refractivity contribution in [2.45, 2.75) is 39.5 Å². The van der Waals surface area contributed by atoms with E-state index in [0.717, 1.165) is 11.1 Å². The van der Waals surface area contributed by atoms with E-state index in [1.807, 2.05) is 45.0 Å². The van der Waals surface area contributed by atoms with Gasteiger partial charge in [0.2, 0.25) is 5.95 Å². The maximum Gasteiger partial charge on any atom is 0.407 e. The number of nitrogens with zero attached hydrogens (tertiary/aromatic N) is 5. The molecule has 1 aromatic carbocycles. The van der Waals surface area contributed by atoms with Gasteiger partial charge in [0, 0.05) is 6.54 Å². The molecule has 10 nitrogen and oxygen atoms in total. The van der Waals surface area contributed by atoms with Crippen molar-refractivity contribution in [2.24, 2.45) is 0 Å². The second-order valence-electron chi connectivity index (χ2n) is 8.00. The number of amides is 1. The number of benzene rings is 1. The highest BCUT2D eigenvalue weighted by Crippen LogP contribution is 2.25. The smallest absolute Gasteiger partial charge is 0.407 e. The quantitative estimate of drug-likeness (QED) is 0.502. The number of nitrogen functional groups attached to an aromatic ring is 1. The van der Waals surface area contributed by atoms with Gasteiger partial charge < -0.3 is 20.2 Å². The van der Waals surface area contributed by atoms with Gasteiger partial charge in [0.15, 0.2) is 16.9 Å². The van der Waals surface area contributed by atoms with Crippen LogP contribution < -0.4 is 11.1 Å². The molecule has 3 heterocycles. The minimum atomic E-state index is -0.543. The molecule has 0 unspecified atom stereocenters. The van der Waals surface area contributed by atoms with E-state index in [1.54, 1.807) is 23.1 Å². The molecule has 0 fully saturated rings. The molecule has 0 aliphatic carbocycles. The molecule has 0 radical (unpaired) electrons. The Bertz CT molecular complexity index is 1210. The molecule has 160 valence electrons. The van der Waals surface area contributed by atoms with Crippen LogP contribution in [-0.4, -0.2) is 36.7 Å². The van der Waals surface area contributed by atoms with Crippen molar-refractivity contribution in [3.8, 4) is 11.5 Å². The summed E-state index contributed by atoms with van der Waals surface area (Å²) in [5.41, 5.74) is 8.76. The molecule has 3 aromatic heterocycles. The van der Waals surface area contributed by atoms with Crippen LogP contribution in [0.25, 0.3) is 22.6 Å². The summed E-state index contributed by atoms with van der Waals surface area (Å²) < 4.78 is 12.4. The van der Waals surface area contributed by atoms with Gasteiger partial charge in [-0.3, -0.25) is 0 Å². The van der Waals surface area contributed by atoms with Crippen LogP contribution in [0.2, 0.25) is 0 Å². The zero-order valence-electron chi connectivity index (χ0n) is 17.5. The van der Waals surface area contributed by atoms with E-state index in [-0.39, 0.29) is 5.95 Å². The summed E-state index contributed by atoms with van der Waals surface area (Å²) in [6.45, 7) is 6.24. The van der Waals surface area contributed by atoms with E-state index < -0.39 is 11.7 Å². The second-order valence-corrected chi connectivity index (χ2v) is 8.00. The Morgan fingerprint density at radius 3 is 2.74 bits per heavy atom. The summed E-state index contributed by atoms with van der Waals surface area (Å²) in [6.07, 6.45) is 1.10. The standard InChI is InChI=1S/C21H23N7O3/c1-21(2,3)31-20(29)23-11-13-6-4-7-14(10-13)12-28-18-17(26-27-28)16(24-19(22)25-18)15-8-5-9-30-15/h4-10H,11-12H2,1-3H3,(H,23,29)(H2,22,24,25). The third-order valence-electron chi connectivity index (χ3n) is 4.29. The zero-order valence-corrected chi connectivity index (χ0v) is 17.5. The molecule has 4 aromatic rings. The molecule has 4 rings (SSSR count). The highest BCUT2D eigenvalue weighted by atomic mass is 16.6. The van der Waals surface area contributed by atoms with Crippen molar-refractivity contribution in [1.82, 2.24) is 30.3 Å². The first-order valence-electron chi connectivity index (χ1n) is 9.74. The average Bonchev–Trinajstić information content (AvgIpc) is 3.36. The van der Waals surface area contributed by atoms with Gasteiger partial charge in [0.25, 0.3) is 0 Å². The lowest BCUT2D eigenvalue weighted by Crippen LogP contribution is -2.32. The maximum atomic E-state index is 11.9. The Morgan fingerprint density at radius 1 is 1.19 bits per heavy atom. The van der Waals surface area contributed by atoms with Gasteiger partial charge in [-0.15, -0.1) is 5.10 Å². The number of furan rings is 1. The van der Waals surface area contributed by atoms with Crippen LogP contribution >= 0.6 is 0 Å². The number of alkyl carbamates (subject to hydrolysis) is 1. The minimum absolute atomic E-state index is 0.109. The van der Waals surface area contributed by atoms with Gasteiger partial charge in [-0.2, -0.15) is 4.98 Å². The number of nitrogens with two attached hydrogens (primary N) is 1. The number of aromatic nitrogens is 5. The number of carbonyl (C=O) groups is 1. The third kappa shape index (κ3) is 4.80. The molecule has 3 N–H and O–H groups in total. The molecular weight excluding hydrogens is 398 g/mol. The summed E-state index contributed by atoms with van der Waals surface area (Å²) in [5, 5.41) is 11.2. The van der Waals surface area contributed by atoms with Gasteiger partial charge in [0.05, 0.1) is 12.8 Å². The van der Waals surface area contributed by atoms with E-state index in [2.05, 4.69) is 25.6 Å². The highest BCUT2D eigenvalue weighted by Gasteiger charge is 2.18. The lowest BCUT2D eigenvalue weighted by Gasteiger charge is -2.19. The molecule has 0 aliphatic heterocycles. The summed E-state index contributed by atoms with van der Waals surface area (Å²) >= 11 is 0. The molecule has 0 bridgehead atoms. The second kappa shape index (κ2) is 8.05. The fourth-order valence-corrected chi connectivity index (χ4v) is 3.06. The Morgan fingerprint density at radius 2 is 2.00 bits per heavy atom. The largest absolute Gasteiger partial charge is 0.463 e. The zero-order chi connectivity index (χ0) is 22.0. The van der Waals surface area contributed by atoms with Crippen LogP contribution in [0.5, 0.6) is 0 Å². The Balaban J connectivity index is 1.54. The fourth-order valence-electron chi connectivity index (χ4n) is 3.06. The minimum Gasteiger partial charge on any atom is -0.463 e. The number of ether oxygens (including phenoxy) is 1. The molecular formula is C21H23N7O3. The fraction of sp³-hybridized carbons (Fsp3) is 0.286. The molecule has 1 amide bonds. The summed E-state index contributed by atoms with van der Waals surface area (Å²) in [7, 11) is 0. The van der Waals surface area contributed by atoms with Crippen LogP contribution in [0, 0.1) is 0 Å². The van der Waals surface area contributed by atoms with Gasteiger partial charge in [-0.05, 0) is 44.0 Å². The lowest BCUT2D eigenvalue weighted by molar-refractivity contribution is 0.0523. The number of nitrogens with one attached hydrogen (secondary N) is 1. The SMILES string of the molecule is CC(C)(C)OC(=O)NCc1cccc(Cn2nnc3c(-c4ccco4)nc(N)nc32)c1. The normalized spacial score (nSPS) is 11.6. The van der Waals surface area contributed by atoms with E-state index in [9.17, 15) is 4.79 Å². The van der Waals surface area contributed by atoms with E-state index in [1.165, 1.54) is 0 Å². The predicted molar refractivity (Wildman–Crippen MR) is 114 cm³/mol. The van der Waals surface area contributed by atoms with Crippen molar-refractivity contribution >= 4 is 23.2 Å². The van der Waals surface area contributed by atoms with Gasteiger partial charge in [-0.1, -0.05) is 29.5 Å². The summed E-state index contributed by atoms with van der Waals surface area (Å²) in [6, 6.07) is 11.3. The summed E-state index contributed by atoms with van der Waals surface area (Å²) in [5.74, 6) is 0.652. The third-order valence-corrected chi connectivity index (χ3v) is 4.29. The molecule has 31 heavy (non-hydrogen) atoms. The first kappa shape index (κ1) is 20.3. The lowest BCUT2D eigenvalue weighted by atomic mass is 10.1. The first-order chi connectivity index (χ1) is 14.8. The molecule has 0 saturated carbocycles. The summed E-state index contributed by atoms with van der Waals surface area (Å²) in [4.78, 5) is 20.4. The van der Waals surface area contributed by atoms with Gasteiger partial charge >= 0.3 is 6.09 Å². The number of hydrogen-bond donors (Lipinski definition) is 2. The molecule has 0 aliphatic rings. The van der Waals surface area contributed by atoms with E-state index in [4.69, 9.17) is 14.9 Å². The number of rotatable bonds is 5. The van der Waals surface area contributed by atoms with Crippen molar-refractivity contribution in [3.63, 3.8) is 0 Å². The topological polar surface area (TPSA) is 134 Å². The maximum absolute atomic E-state index is 11.9. The number of carbonyl (C=O) groups excluding carboxylic acids is 1. The Hall–Kier alpha value is -3.95. The van der Waals surface area contributed by atoms with Crippen LogP contribution in [0.4, 0.5) is 10.7 Å². The monoisotopic (exact) mass is 421 g/mol. The first-order valence-corrected chi connectivity index (χ1v) is 9.74.